The number of ether oxygens (including phenoxy) is 1. The number of hydrogen-bond donors (Lipinski definition) is 0. The van der Waals surface area contributed by atoms with Crippen molar-refractivity contribution in [2.24, 2.45) is 0 Å². The molecule has 3 aromatic rings. The summed E-state index contributed by atoms with van der Waals surface area (Å²) < 4.78 is 61.5. The molecule has 4 heterocycles. The maximum atomic E-state index is 13.8. The van der Waals surface area contributed by atoms with Crippen molar-refractivity contribution >= 4 is 17.4 Å². The number of rotatable bonds is 4. The fraction of sp³-hybridized carbons (Fsp3) is 0.458. The predicted octanol–water partition coefficient (Wildman–Crippen LogP) is 5.11. The molecule has 0 radical (unpaired) electrons. The highest BCUT2D eigenvalue weighted by atomic mass is 35.5. The van der Waals surface area contributed by atoms with Crippen LogP contribution in [0.2, 0.25) is 5.02 Å². The topological polar surface area (TPSA) is 59.3 Å². The second-order valence-electron chi connectivity index (χ2n) is 9.14. The van der Waals surface area contributed by atoms with Crippen LogP contribution in [0.3, 0.4) is 0 Å². The normalized spacial score (nSPS) is 17.9. The number of nitrogens with zero attached hydrogens (tertiary/aromatic N) is 6. The van der Waals surface area contributed by atoms with Gasteiger partial charge in [0.25, 0.3) is 0 Å². The zero-order chi connectivity index (χ0) is 25.6. The van der Waals surface area contributed by atoms with Crippen LogP contribution in [-0.2, 0) is 13.1 Å². The van der Waals surface area contributed by atoms with Crippen LogP contribution in [0.5, 0.6) is 5.75 Å². The molecule has 1 unspecified atom stereocenters. The molecule has 2 aliphatic rings. The number of alkyl halides is 3. The van der Waals surface area contributed by atoms with E-state index >= 15 is 0 Å². The molecule has 1 atom stereocenters. The zero-order valence-corrected chi connectivity index (χ0v) is 20.5. The molecule has 192 valence electrons. The van der Waals surface area contributed by atoms with Crippen LogP contribution in [0.4, 0.5) is 23.4 Å². The van der Waals surface area contributed by atoms with Gasteiger partial charge in [-0.05, 0) is 43.5 Å². The lowest BCUT2D eigenvalue weighted by Gasteiger charge is -2.32. The number of fused-ring (bicyclic) bond motifs is 3. The van der Waals surface area contributed by atoms with E-state index in [1.807, 2.05) is 10.6 Å². The average molecular weight is 525 g/mol. The molecular formula is C24H25ClF4N6O. The highest BCUT2D eigenvalue weighted by molar-refractivity contribution is 6.30. The lowest BCUT2D eigenvalue weighted by atomic mass is 9.95. The first-order valence-corrected chi connectivity index (χ1v) is 12.0. The van der Waals surface area contributed by atoms with Gasteiger partial charge < -0.3 is 9.64 Å². The lowest BCUT2D eigenvalue weighted by molar-refractivity contribution is -0.182. The molecule has 0 saturated carbocycles. The van der Waals surface area contributed by atoms with Gasteiger partial charge in [-0.3, -0.25) is 9.47 Å². The maximum Gasteiger partial charge on any atom is 0.403 e. The number of methoxy groups -OCH3 is 1. The van der Waals surface area contributed by atoms with E-state index in [9.17, 15) is 17.6 Å². The third-order valence-electron chi connectivity index (χ3n) is 6.99. The fourth-order valence-corrected chi connectivity index (χ4v) is 5.10. The first-order chi connectivity index (χ1) is 17.2. The van der Waals surface area contributed by atoms with E-state index in [0.717, 1.165) is 37.5 Å². The van der Waals surface area contributed by atoms with Gasteiger partial charge in [-0.1, -0.05) is 11.6 Å². The molecule has 7 nitrogen and oxygen atoms in total. The van der Waals surface area contributed by atoms with Gasteiger partial charge in [-0.15, -0.1) is 10.2 Å². The predicted molar refractivity (Wildman–Crippen MR) is 126 cm³/mol. The van der Waals surface area contributed by atoms with Crippen molar-refractivity contribution in [3.63, 3.8) is 0 Å². The first kappa shape index (κ1) is 24.8. The fourth-order valence-electron chi connectivity index (χ4n) is 4.90. The van der Waals surface area contributed by atoms with E-state index in [1.165, 1.54) is 12.0 Å². The number of hydrogen-bond acceptors (Lipinski definition) is 6. The summed E-state index contributed by atoms with van der Waals surface area (Å²) in [4.78, 5) is 7.60. The van der Waals surface area contributed by atoms with Gasteiger partial charge in [-0.2, -0.15) is 13.2 Å². The average Bonchev–Trinajstić information content (AvgIpc) is 3.19. The minimum absolute atomic E-state index is 0.0120. The Morgan fingerprint density at radius 1 is 1.11 bits per heavy atom. The number of halogens is 5. The van der Waals surface area contributed by atoms with Crippen molar-refractivity contribution in [1.82, 2.24) is 24.6 Å². The highest BCUT2D eigenvalue weighted by Crippen LogP contribution is 2.36. The Hall–Kier alpha value is -2.92. The number of benzene rings is 1. The van der Waals surface area contributed by atoms with Gasteiger partial charge >= 0.3 is 6.18 Å². The quantitative estimate of drug-likeness (QED) is 0.442. The number of anilines is 1. The molecule has 0 aliphatic carbocycles. The Balaban J connectivity index is 1.43. The molecule has 1 saturated heterocycles. The SMILES string of the molecule is COc1cc(N2CCC(c3nnc4n3-c3ccc(Cl)cc3CN(C(C)C(F)(F)F)C4)CC2)ncc1F. The van der Waals surface area contributed by atoms with Crippen molar-refractivity contribution in [2.45, 2.75) is 51.0 Å². The summed E-state index contributed by atoms with van der Waals surface area (Å²) in [6, 6.07) is 5.18. The van der Waals surface area contributed by atoms with Gasteiger partial charge in [0.15, 0.2) is 17.4 Å². The summed E-state index contributed by atoms with van der Waals surface area (Å²) in [5.41, 5.74) is 1.44. The minimum Gasteiger partial charge on any atom is -0.493 e. The van der Waals surface area contributed by atoms with E-state index in [-0.39, 0.29) is 24.8 Å². The van der Waals surface area contributed by atoms with Crippen LogP contribution in [0.15, 0.2) is 30.5 Å². The molecule has 2 aromatic heterocycles. The van der Waals surface area contributed by atoms with E-state index in [2.05, 4.69) is 20.1 Å². The molecule has 0 amide bonds. The lowest BCUT2D eigenvalue weighted by Crippen LogP contribution is -2.42. The minimum atomic E-state index is -4.37. The van der Waals surface area contributed by atoms with Gasteiger partial charge in [0.1, 0.15) is 17.7 Å². The standard InChI is InChI=1S/C24H25ClF4N6O/c1-14(24(27,28)29)34-12-16-9-17(25)3-4-19(16)35-22(13-34)31-32-23(35)15-5-7-33(8-6-15)21-10-20(36-2)18(26)11-30-21/h3-4,9-11,14-15H,5-8,12-13H2,1-2H3. The van der Waals surface area contributed by atoms with Crippen LogP contribution in [0, 0.1) is 5.82 Å². The van der Waals surface area contributed by atoms with Gasteiger partial charge in [0.2, 0.25) is 0 Å². The van der Waals surface area contributed by atoms with Crippen molar-refractivity contribution in [3.8, 4) is 11.4 Å². The Morgan fingerprint density at radius 2 is 1.86 bits per heavy atom. The van der Waals surface area contributed by atoms with Crippen molar-refractivity contribution < 1.29 is 22.3 Å². The Bertz CT molecular complexity index is 1260. The van der Waals surface area contributed by atoms with Crippen LogP contribution < -0.4 is 9.64 Å². The highest BCUT2D eigenvalue weighted by Gasteiger charge is 2.42. The van der Waals surface area contributed by atoms with E-state index in [4.69, 9.17) is 16.3 Å². The number of piperidine rings is 1. The van der Waals surface area contributed by atoms with Crippen molar-refractivity contribution in [1.29, 1.82) is 0 Å². The second-order valence-corrected chi connectivity index (χ2v) is 9.58. The molecule has 0 N–H and O–H groups in total. The zero-order valence-electron chi connectivity index (χ0n) is 19.8. The second kappa shape index (κ2) is 9.51. The summed E-state index contributed by atoms with van der Waals surface area (Å²) in [6.07, 6.45) is -1.77. The third kappa shape index (κ3) is 4.61. The summed E-state index contributed by atoms with van der Waals surface area (Å²) in [5, 5.41) is 9.23. The van der Waals surface area contributed by atoms with Gasteiger partial charge in [0, 0.05) is 36.6 Å². The molecular weight excluding hydrogens is 500 g/mol. The Morgan fingerprint density at radius 3 is 2.56 bits per heavy atom. The molecule has 2 aliphatic heterocycles. The molecule has 0 bridgehead atoms. The summed E-state index contributed by atoms with van der Waals surface area (Å²) in [5.74, 6) is 1.48. The largest absolute Gasteiger partial charge is 0.493 e. The summed E-state index contributed by atoms with van der Waals surface area (Å²) >= 11 is 6.22. The van der Waals surface area contributed by atoms with E-state index in [1.54, 1.807) is 18.2 Å². The first-order valence-electron chi connectivity index (χ1n) is 11.6. The van der Waals surface area contributed by atoms with Crippen LogP contribution >= 0.6 is 11.6 Å². The van der Waals surface area contributed by atoms with Crippen LogP contribution in [0.25, 0.3) is 5.69 Å². The number of aromatic nitrogens is 4. The molecule has 36 heavy (non-hydrogen) atoms. The third-order valence-corrected chi connectivity index (χ3v) is 7.22. The van der Waals surface area contributed by atoms with Gasteiger partial charge in [-0.25, -0.2) is 9.37 Å². The summed E-state index contributed by atoms with van der Waals surface area (Å²) in [6.45, 7) is 2.57. The smallest absolute Gasteiger partial charge is 0.403 e. The Labute approximate surface area is 210 Å². The number of pyridine rings is 1. The van der Waals surface area contributed by atoms with Crippen molar-refractivity contribution in [3.05, 3.63) is 58.5 Å². The van der Waals surface area contributed by atoms with Crippen LogP contribution in [-0.4, -0.2) is 57.1 Å². The monoisotopic (exact) mass is 524 g/mol. The molecule has 0 spiro atoms. The van der Waals surface area contributed by atoms with E-state index < -0.39 is 18.0 Å². The maximum absolute atomic E-state index is 13.8. The molecule has 1 aromatic carbocycles. The van der Waals surface area contributed by atoms with Crippen molar-refractivity contribution in [2.75, 3.05) is 25.1 Å². The van der Waals surface area contributed by atoms with E-state index in [0.29, 0.717) is 35.3 Å². The summed E-state index contributed by atoms with van der Waals surface area (Å²) in [7, 11) is 1.41. The Kier molecular flexibility index (Phi) is 6.54. The molecule has 5 rings (SSSR count). The molecule has 1 fully saturated rings. The molecule has 12 heteroatoms. The van der Waals surface area contributed by atoms with Gasteiger partial charge in [0.05, 0.1) is 25.5 Å². The van der Waals surface area contributed by atoms with Crippen LogP contribution in [0.1, 0.15) is 42.9 Å².